The first-order chi connectivity index (χ1) is 16.9. The van der Waals surface area contributed by atoms with Gasteiger partial charge in [0.05, 0.1) is 11.5 Å². The van der Waals surface area contributed by atoms with E-state index in [1.807, 2.05) is 49.4 Å². The number of carbonyl (C=O) groups excluding carboxylic acids is 2. The lowest BCUT2D eigenvalue weighted by Crippen LogP contribution is -2.66. The van der Waals surface area contributed by atoms with Gasteiger partial charge >= 0.3 is 0 Å². The molecule has 4 atom stereocenters. The third kappa shape index (κ3) is 2.31. The Balaban J connectivity index is 1.60. The molecule has 4 aliphatic heterocycles. The third-order valence-corrected chi connectivity index (χ3v) is 9.24. The first kappa shape index (κ1) is 21.0. The molecule has 1 N–H and O–H groups in total. The van der Waals surface area contributed by atoms with E-state index in [0.29, 0.717) is 17.2 Å². The molecule has 7 rings (SSSR count). The number of nitrogens with zero attached hydrogens (tertiary/aromatic N) is 2. The van der Waals surface area contributed by atoms with Crippen LogP contribution in [0.25, 0.3) is 0 Å². The van der Waals surface area contributed by atoms with Gasteiger partial charge in [-0.15, -0.1) is 11.8 Å². The molecular formula is C28H24N2O4S. The molecule has 2 saturated heterocycles. The summed E-state index contributed by atoms with van der Waals surface area (Å²) in [5, 5.41) is 10.2. The number of para-hydroxylation sites is 1. The number of thioether (sulfide) groups is 1. The summed E-state index contributed by atoms with van der Waals surface area (Å²) in [6, 6.07) is 20.5. The van der Waals surface area contributed by atoms with E-state index >= 15 is 0 Å². The molecule has 3 aromatic rings. The van der Waals surface area contributed by atoms with Crippen LogP contribution in [-0.4, -0.2) is 52.0 Å². The van der Waals surface area contributed by atoms with Crippen molar-refractivity contribution in [3.63, 3.8) is 0 Å². The quantitative estimate of drug-likeness (QED) is 0.562. The molecule has 0 saturated carbocycles. The van der Waals surface area contributed by atoms with E-state index in [2.05, 4.69) is 11.0 Å². The van der Waals surface area contributed by atoms with Gasteiger partial charge in [0.2, 0.25) is 11.4 Å². The molecule has 2 fully saturated rings. The minimum Gasteiger partial charge on any atom is -0.508 e. The Labute approximate surface area is 207 Å². The van der Waals surface area contributed by atoms with Gasteiger partial charge in [0.15, 0.2) is 5.54 Å². The average molecular weight is 485 g/mol. The van der Waals surface area contributed by atoms with Crippen molar-refractivity contribution in [3.8, 4) is 11.5 Å². The Morgan fingerprint density at radius 2 is 1.89 bits per heavy atom. The number of likely N-dealkylation sites (N-methyl/N-ethyl adjacent to an activating group) is 1. The fourth-order valence-corrected chi connectivity index (χ4v) is 8.23. The summed E-state index contributed by atoms with van der Waals surface area (Å²) < 4.78 is 6.80. The highest BCUT2D eigenvalue weighted by Gasteiger charge is 2.82. The molecular weight excluding hydrogens is 460 g/mol. The van der Waals surface area contributed by atoms with E-state index in [0.717, 1.165) is 28.1 Å². The number of phenolic OH excluding ortho intramolecular Hbond substituents is 1. The highest BCUT2D eigenvalue weighted by atomic mass is 32.2. The number of phenols is 1. The SMILES string of the molecule is Cc1cccc([C@@H]2[C@H]3CSCN3[C@]3(C(=O)N(C)c4ccccc43)[C@]23Oc2cc(O)ccc2C3=O)c1. The van der Waals surface area contributed by atoms with Gasteiger partial charge in [-0.25, -0.2) is 0 Å². The fourth-order valence-electron chi connectivity index (χ4n) is 6.93. The van der Waals surface area contributed by atoms with Crippen LogP contribution >= 0.6 is 11.8 Å². The molecule has 4 aliphatic rings. The molecule has 0 aromatic heterocycles. The predicted molar refractivity (Wildman–Crippen MR) is 134 cm³/mol. The second-order valence-electron chi connectivity index (χ2n) is 9.87. The van der Waals surface area contributed by atoms with E-state index in [-0.39, 0.29) is 29.4 Å². The molecule has 35 heavy (non-hydrogen) atoms. The maximum atomic E-state index is 14.6. The van der Waals surface area contributed by atoms with Crippen LogP contribution in [0.5, 0.6) is 11.5 Å². The summed E-state index contributed by atoms with van der Waals surface area (Å²) in [5.41, 5.74) is 1.28. The van der Waals surface area contributed by atoms with Crippen LogP contribution in [0.4, 0.5) is 5.69 Å². The number of Topliss-reactive ketones (excluding diaryl/α,β-unsaturated/α-hetero) is 1. The van der Waals surface area contributed by atoms with Crippen LogP contribution in [0, 0.1) is 6.92 Å². The Morgan fingerprint density at radius 1 is 1.06 bits per heavy atom. The summed E-state index contributed by atoms with van der Waals surface area (Å²) in [6.07, 6.45) is 0. The van der Waals surface area contributed by atoms with Gasteiger partial charge in [-0.3, -0.25) is 14.5 Å². The van der Waals surface area contributed by atoms with Crippen molar-refractivity contribution < 1.29 is 19.4 Å². The monoisotopic (exact) mass is 484 g/mol. The predicted octanol–water partition coefficient (Wildman–Crippen LogP) is 4.06. The second-order valence-corrected chi connectivity index (χ2v) is 10.9. The highest BCUT2D eigenvalue weighted by molar-refractivity contribution is 7.99. The molecule has 4 heterocycles. The van der Waals surface area contributed by atoms with Crippen molar-refractivity contribution >= 4 is 29.1 Å². The van der Waals surface area contributed by atoms with Crippen LogP contribution < -0.4 is 9.64 Å². The number of ether oxygens (including phenoxy) is 1. The molecule has 7 heteroatoms. The van der Waals surface area contributed by atoms with Gasteiger partial charge in [-0.1, -0.05) is 48.0 Å². The van der Waals surface area contributed by atoms with Gasteiger partial charge in [0, 0.05) is 42.0 Å². The zero-order valence-electron chi connectivity index (χ0n) is 19.4. The number of hydrogen-bond acceptors (Lipinski definition) is 6. The molecule has 6 nitrogen and oxygen atoms in total. The lowest BCUT2D eigenvalue weighted by atomic mass is 9.66. The molecule has 176 valence electrons. The van der Waals surface area contributed by atoms with Gasteiger partial charge in [-0.05, 0) is 30.7 Å². The van der Waals surface area contributed by atoms with E-state index in [1.54, 1.807) is 29.8 Å². The van der Waals surface area contributed by atoms with Crippen LogP contribution in [0.2, 0.25) is 0 Å². The van der Waals surface area contributed by atoms with Crippen LogP contribution in [0.15, 0.2) is 66.7 Å². The Morgan fingerprint density at radius 3 is 2.71 bits per heavy atom. The maximum Gasteiger partial charge on any atom is 0.256 e. The van der Waals surface area contributed by atoms with Gasteiger partial charge in [0.1, 0.15) is 11.5 Å². The zero-order chi connectivity index (χ0) is 24.1. The molecule has 3 aromatic carbocycles. The minimum atomic E-state index is -1.50. The lowest BCUT2D eigenvalue weighted by molar-refractivity contribution is -0.135. The molecule has 0 unspecified atom stereocenters. The number of benzene rings is 3. The first-order valence-electron chi connectivity index (χ1n) is 11.8. The number of carbonyl (C=O) groups is 2. The van der Waals surface area contributed by atoms with Gasteiger partial charge < -0.3 is 14.7 Å². The molecule has 1 amide bonds. The fraction of sp³-hybridized carbons (Fsp3) is 0.286. The number of ketones is 1. The largest absolute Gasteiger partial charge is 0.508 e. The molecule has 0 aliphatic carbocycles. The van der Waals surface area contributed by atoms with E-state index in [1.165, 1.54) is 12.1 Å². The number of anilines is 1. The van der Waals surface area contributed by atoms with Crippen LogP contribution in [0.3, 0.4) is 0 Å². The van der Waals surface area contributed by atoms with Crippen molar-refractivity contribution in [2.24, 2.45) is 0 Å². The average Bonchev–Trinajstić information content (AvgIpc) is 3.54. The zero-order valence-corrected chi connectivity index (χ0v) is 20.2. The standard InChI is InChI=1S/C28H24N2O4S/c1-16-6-5-7-17(12-16)24-22-14-35-15-30(22)27(20-8-3-4-9-21(20)29(2)26(27)33)28(24)25(32)19-11-10-18(31)13-23(19)34-28/h3-13,22,24,31H,14-15H2,1-2H3/t22-,24-,27-,28+/m1/s1. The van der Waals surface area contributed by atoms with Crippen LogP contribution in [0.1, 0.15) is 33.0 Å². The third-order valence-electron chi connectivity index (χ3n) is 8.20. The van der Waals surface area contributed by atoms with Gasteiger partial charge in [-0.2, -0.15) is 0 Å². The topological polar surface area (TPSA) is 70.1 Å². The lowest BCUT2D eigenvalue weighted by Gasteiger charge is -2.43. The minimum absolute atomic E-state index is 0.0269. The molecule has 0 radical (unpaired) electrons. The number of aryl methyl sites for hydroxylation is 1. The second kappa shape index (κ2) is 6.89. The van der Waals surface area contributed by atoms with Gasteiger partial charge in [0.25, 0.3) is 5.91 Å². The summed E-state index contributed by atoms with van der Waals surface area (Å²) in [4.78, 5) is 33.0. The van der Waals surface area contributed by atoms with Crippen molar-refractivity contribution in [2.75, 3.05) is 23.6 Å². The number of rotatable bonds is 1. The molecule has 0 bridgehead atoms. The molecule has 2 spiro atoms. The maximum absolute atomic E-state index is 14.6. The number of amides is 1. The number of fused-ring (bicyclic) bond motifs is 6. The number of aromatic hydroxyl groups is 1. The normalized spacial score (nSPS) is 30.7. The summed E-state index contributed by atoms with van der Waals surface area (Å²) >= 11 is 1.79. The van der Waals surface area contributed by atoms with Crippen molar-refractivity contribution in [1.29, 1.82) is 0 Å². The summed E-state index contributed by atoms with van der Waals surface area (Å²) in [6.45, 7) is 2.04. The van der Waals surface area contributed by atoms with Crippen molar-refractivity contribution in [3.05, 3.63) is 89.0 Å². The smallest absolute Gasteiger partial charge is 0.256 e. The summed E-state index contributed by atoms with van der Waals surface area (Å²) in [7, 11) is 1.78. The van der Waals surface area contributed by atoms with Crippen LogP contribution in [-0.2, 0) is 10.3 Å². The summed E-state index contributed by atoms with van der Waals surface area (Å²) in [5.74, 6) is 1.06. The van der Waals surface area contributed by atoms with E-state index in [4.69, 9.17) is 4.74 Å². The van der Waals surface area contributed by atoms with Crippen molar-refractivity contribution in [1.82, 2.24) is 4.90 Å². The van der Waals surface area contributed by atoms with Crippen molar-refractivity contribution in [2.45, 2.75) is 30.0 Å². The van der Waals surface area contributed by atoms with E-state index < -0.39 is 11.1 Å². The first-order valence-corrected chi connectivity index (χ1v) is 12.9. The highest BCUT2D eigenvalue weighted by Crippen LogP contribution is 2.67. The Bertz CT molecular complexity index is 1440. The Kier molecular flexibility index (Phi) is 4.14. The number of hydrogen-bond donors (Lipinski definition) is 1. The van der Waals surface area contributed by atoms with E-state index in [9.17, 15) is 14.7 Å². The Hall–Kier alpha value is -3.29.